The lowest BCUT2D eigenvalue weighted by molar-refractivity contribution is -0.124. The largest absolute Gasteiger partial charge is 0.343 e. The number of hydrogen-bond donors (Lipinski definition) is 0. The lowest BCUT2D eigenvalue weighted by atomic mass is 10.0. The van der Waals surface area contributed by atoms with E-state index < -0.39 is 5.06 Å². The molecule has 0 aromatic rings. The molecular weight excluding hydrogens is 152 g/mol. The summed E-state index contributed by atoms with van der Waals surface area (Å²) in [4.78, 5) is 11.2. The highest BCUT2D eigenvalue weighted by Crippen LogP contribution is 2.42. The Bertz CT molecular complexity index is 167. The number of rotatable bonds is 2. The van der Waals surface area contributed by atoms with Crippen molar-refractivity contribution in [2.75, 3.05) is 0 Å². The van der Waals surface area contributed by atoms with Gasteiger partial charge in [-0.2, -0.15) is 0 Å². The van der Waals surface area contributed by atoms with Crippen LogP contribution in [0.5, 0.6) is 0 Å². The van der Waals surface area contributed by atoms with Gasteiger partial charge in [0.2, 0.25) is 5.06 Å². The smallest absolute Gasteiger partial charge is 0.226 e. The molecule has 2 nitrogen and oxygen atoms in total. The molecule has 0 amide bonds. The van der Waals surface area contributed by atoms with Crippen molar-refractivity contribution in [1.29, 1.82) is 0 Å². The van der Waals surface area contributed by atoms with Gasteiger partial charge in [-0.3, -0.25) is 4.79 Å². The zero-order chi connectivity index (χ0) is 7.94. The Labute approximate surface area is 65.5 Å². The molecule has 1 saturated heterocycles. The van der Waals surface area contributed by atoms with Crippen LogP contribution in [0.25, 0.3) is 0 Å². The third-order valence-electron chi connectivity index (χ3n) is 1.67. The molecule has 1 heterocycles. The molecule has 10 heavy (non-hydrogen) atoms. The quantitative estimate of drug-likeness (QED) is 0.456. The van der Waals surface area contributed by atoms with Crippen LogP contribution in [-0.4, -0.2) is 16.9 Å². The van der Waals surface area contributed by atoms with Crippen molar-refractivity contribution >= 4 is 17.4 Å². The maximum atomic E-state index is 11.2. The van der Waals surface area contributed by atoms with Crippen LogP contribution < -0.4 is 0 Å². The van der Waals surface area contributed by atoms with E-state index in [9.17, 15) is 4.79 Å². The van der Waals surface area contributed by atoms with E-state index >= 15 is 0 Å². The predicted octanol–water partition coefficient (Wildman–Crippen LogP) is 1.57. The highest BCUT2D eigenvalue weighted by molar-refractivity contribution is 6.36. The first-order valence-corrected chi connectivity index (χ1v) is 3.77. The van der Waals surface area contributed by atoms with E-state index in [1.54, 1.807) is 6.92 Å². The molecule has 0 aliphatic carbocycles. The molecular formula is C7H11ClO2. The van der Waals surface area contributed by atoms with Crippen molar-refractivity contribution in [2.24, 2.45) is 5.92 Å². The van der Waals surface area contributed by atoms with Crippen molar-refractivity contribution in [2.45, 2.75) is 31.9 Å². The molecule has 1 aliphatic rings. The number of ether oxygens (including phenoxy) is 1. The Balaban J connectivity index is 2.59. The second-order valence-electron chi connectivity index (χ2n) is 2.92. The summed E-state index contributed by atoms with van der Waals surface area (Å²) in [6, 6.07) is 0. The van der Waals surface area contributed by atoms with Gasteiger partial charge in [0.05, 0.1) is 0 Å². The minimum absolute atomic E-state index is 0.0123. The summed E-state index contributed by atoms with van der Waals surface area (Å²) >= 11 is 5.77. The topological polar surface area (TPSA) is 29.6 Å². The lowest BCUT2D eigenvalue weighted by Crippen LogP contribution is -2.24. The Morgan fingerprint density at radius 3 is 2.20 bits per heavy atom. The van der Waals surface area contributed by atoms with Crippen LogP contribution in [0.2, 0.25) is 0 Å². The minimum atomic E-state index is -0.978. The fourth-order valence-corrected chi connectivity index (χ4v) is 1.23. The van der Waals surface area contributed by atoms with Crippen LogP contribution >= 0.6 is 11.6 Å². The summed E-state index contributed by atoms with van der Waals surface area (Å²) < 4.78 is 4.94. The number of epoxide rings is 1. The standard InChI is InChI=1S/C7H11ClO2/c1-4(2)6(9)7(8)5(3)10-7/h4-5H,1-3H3/t5-,7-/m0/s1. The van der Waals surface area contributed by atoms with E-state index in [0.717, 1.165) is 0 Å². The van der Waals surface area contributed by atoms with Gasteiger partial charge in [-0.05, 0) is 6.92 Å². The average Bonchev–Trinajstić information content (AvgIpc) is 2.41. The first-order chi connectivity index (χ1) is 4.48. The maximum absolute atomic E-state index is 11.2. The van der Waals surface area contributed by atoms with E-state index in [2.05, 4.69) is 0 Å². The number of hydrogen-bond acceptors (Lipinski definition) is 2. The van der Waals surface area contributed by atoms with E-state index in [4.69, 9.17) is 16.3 Å². The molecule has 0 unspecified atom stereocenters. The molecule has 2 atom stereocenters. The zero-order valence-corrected chi connectivity index (χ0v) is 7.11. The number of alkyl halides is 1. The Morgan fingerprint density at radius 1 is 1.70 bits per heavy atom. The van der Waals surface area contributed by atoms with Gasteiger partial charge in [-0.15, -0.1) is 0 Å². The molecule has 1 rings (SSSR count). The van der Waals surface area contributed by atoms with Gasteiger partial charge in [0.1, 0.15) is 6.10 Å². The summed E-state index contributed by atoms with van der Waals surface area (Å²) in [5.74, 6) is -0.0517. The van der Waals surface area contributed by atoms with Crippen molar-refractivity contribution < 1.29 is 9.53 Å². The fraction of sp³-hybridized carbons (Fsp3) is 0.857. The van der Waals surface area contributed by atoms with E-state index in [1.165, 1.54) is 0 Å². The normalized spacial score (nSPS) is 38.3. The van der Waals surface area contributed by atoms with E-state index in [-0.39, 0.29) is 17.8 Å². The summed E-state index contributed by atoms with van der Waals surface area (Å²) in [6.07, 6.45) is -0.107. The van der Waals surface area contributed by atoms with Crippen LogP contribution in [-0.2, 0) is 9.53 Å². The second-order valence-corrected chi connectivity index (χ2v) is 3.49. The molecule has 58 valence electrons. The Hall–Kier alpha value is -0.0800. The molecule has 1 aliphatic heterocycles. The van der Waals surface area contributed by atoms with Gasteiger partial charge < -0.3 is 4.74 Å². The Morgan fingerprint density at radius 2 is 2.10 bits per heavy atom. The van der Waals surface area contributed by atoms with Gasteiger partial charge >= 0.3 is 0 Å². The second kappa shape index (κ2) is 2.21. The summed E-state index contributed by atoms with van der Waals surface area (Å²) in [5.41, 5.74) is 0. The van der Waals surface area contributed by atoms with Crippen molar-refractivity contribution in [1.82, 2.24) is 0 Å². The summed E-state index contributed by atoms with van der Waals surface area (Å²) in [6.45, 7) is 5.44. The van der Waals surface area contributed by atoms with Crippen LogP contribution in [0.1, 0.15) is 20.8 Å². The van der Waals surface area contributed by atoms with Gasteiger partial charge in [0, 0.05) is 5.92 Å². The molecule has 0 radical (unpaired) electrons. The molecule has 0 aromatic carbocycles. The number of carbonyl (C=O) groups is 1. The molecule has 0 spiro atoms. The lowest BCUT2D eigenvalue weighted by Gasteiger charge is -2.04. The summed E-state index contributed by atoms with van der Waals surface area (Å²) in [5, 5.41) is -0.978. The minimum Gasteiger partial charge on any atom is -0.343 e. The van der Waals surface area contributed by atoms with Gasteiger partial charge in [-0.25, -0.2) is 0 Å². The number of ketones is 1. The highest BCUT2D eigenvalue weighted by Gasteiger charge is 2.58. The molecule has 0 saturated carbocycles. The molecule has 0 bridgehead atoms. The van der Waals surface area contributed by atoms with Crippen LogP contribution in [0, 0.1) is 5.92 Å². The highest BCUT2D eigenvalue weighted by atomic mass is 35.5. The van der Waals surface area contributed by atoms with Gasteiger partial charge in [0.25, 0.3) is 0 Å². The maximum Gasteiger partial charge on any atom is 0.226 e. The van der Waals surface area contributed by atoms with Crippen molar-refractivity contribution in [3.05, 3.63) is 0 Å². The Kier molecular flexibility index (Phi) is 1.77. The number of halogens is 1. The van der Waals surface area contributed by atoms with Gasteiger partial charge in [-0.1, -0.05) is 25.4 Å². The molecule has 0 aromatic heterocycles. The summed E-state index contributed by atoms with van der Waals surface area (Å²) in [7, 11) is 0. The molecule has 3 heteroatoms. The van der Waals surface area contributed by atoms with Gasteiger partial charge in [0.15, 0.2) is 5.78 Å². The first kappa shape index (κ1) is 8.02. The molecule has 0 N–H and O–H groups in total. The molecule has 1 fully saturated rings. The van der Waals surface area contributed by atoms with Crippen LogP contribution in [0.4, 0.5) is 0 Å². The SMILES string of the molecule is CC(C)C(=O)[C@@]1(Cl)O[C@H]1C. The van der Waals surface area contributed by atoms with Crippen LogP contribution in [0.3, 0.4) is 0 Å². The number of Topliss-reactive ketones (excluding diaryl/α,β-unsaturated/α-hetero) is 1. The van der Waals surface area contributed by atoms with E-state index in [0.29, 0.717) is 0 Å². The van der Waals surface area contributed by atoms with E-state index in [1.807, 2.05) is 13.8 Å². The third kappa shape index (κ3) is 1.06. The number of carbonyl (C=O) groups excluding carboxylic acids is 1. The average molecular weight is 163 g/mol. The predicted molar refractivity (Wildman–Crippen MR) is 39.0 cm³/mol. The monoisotopic (exact) mass is 162 g/mol. The van der Waals surface area contributed by atoms with Crippen molar-refractivity contribution in [3.63, 3.8) is 0 Å². The van der Waals surface area contributed by atoms with Crippen LogP contribution in [0.15, 0.2) is 0 Å². The third-order valence-corrected chi connectivity index (χ3v) is 2.26. The fourth-order valence-electron chi connectivity index (χ4n) is 0.875. The zero-order valence-electron chi connectivity index (χ0n) is 6.35. The first-order valence-electron chi connectivity index (χ1n) is 3.39. The van der Waals surface area contributed by atoms with Crippen molar-refractivity contribution in [3.8, 4) is 0 Å².